The molecule has 3 aromatic carbocycles. The van der Waals surface area contributed by atoms with E-state index in [0.29, 0.717) is 45.2 Å². The fourth-order valence-corrected chi connectivity index (χ4v) is 4.50. The zero-order valence-corrected chi connectivity index (χ0v) is 23.5. The molecule has 2 aromatic heterocycles. The predicted molar refractivity (Wildman–Crippen MR) is 161 cm³/mol. The van der Waals surface area contributed by atoms with Crippen LogP contribution >= 0.6 is 11.6 Å². The van der Waals surface area contributed by atoms with Crippen molar-refractivity contribution in [1.82, 2.24) is 35.7 Å². The lowest BCUT2D eigenvalue weighted by Gasteiger charge is -2.18. The Morgan fingerprint density at radius 2 is 1.86 bits per heavy atom. The van der Waals surface area contributed by atoms with E-state index >= 15 is 0 Å². The number of tetrazole rings is 1. The number of amides is 2. The minimum Gasteiger partial charge on any atom is -0.453 e. The maximum Gasteiger partial charge on any atom is 0.411 e. The van der Waals surface area contributed by atoms with Crippen molar-refractivity contribution in [2.45, 2.75) is 12.5 Å². The van der Waals surface area contributed by atoms with Crippen LogP contribution in [0.25, 0.3) is 22.9 Å². The molecule has 2 heterocycles. The molecule has 0 spiro atoms. The van der Waals surface area contributed by atoms with Gasteiger partial charge in [-0.3, -0.25) is 14.9 Å². The number of carbonyl (C=O) groups is 2. The Morgan fingerprint density at radius 3 is 2.58 bits per heavy atom. The maximum atomic E-state index is 13.2. The highest BCUT2D eigenvalue weighted by Crippen LogP contribution is 2.24. The van der Waals surface area contributed by atoms with Crippen molar-refractivity contribution < 1.29 is 14.3 Å². The van der Waals surface area contributed by atoms with Gasteiger partial charge in [0, 0.05) is 22.3 Å². The minimum absolute atomic E-state index is 0.350. The Bertz CT molecular complexity index is 1810. The maximum absolute atomic E-state index is 13.2. The van der Waals surface area contributed by atoms with Crippen LogP contribution in [0.1, 0.15) is 22.9 Å². The van der Waals surface area contributed by atoms with Gasteiger partial charge in [0.05, 0.1) is 30.1 Å². The van der Waals surface area contributed by atoms with Crippen molar-refractivity contribution in [1.29, 1.82) is 0 Å². The third-order valence-corrected chi connectivity index (χ3v) is 6.64. The number of halogens is 1. The van der Waals surface area contributed by atoms with Crippen LogP contribution < -0.4 is 16.2 Å². The fraction of sp³-hybridized carbons (Fsp3) is 0.100. The second kappa shape index (κ2) is 13.4. The Hall–Kier alpha value is -5.62. The van der Waals surface area contributed by atoms with Gasteiger partial charge in [-0.15, -0.1) is 5.10 Å². The molecule has 0 fully saturated rings. The molecule has 2 amide bonds. The quantitative estimate of drug-likeness (QED) is 0.212. The van der Waals surface area contributed by atoms with Gasteiger partial charge in [0.1, 0.15) is 6.33 Å². The van der Waals surface area contributed by atoms with Gasteiger partial charge >= 0.3 is 6.09 Å². The minimum atomic E-state index is -0.604. The smallest absolute Gasteiger partial charge is 0.411 e. The molecule has 0 radical (unpaired) electrons. The van der Waals surface area contributed by atoms with Crippen molar-refractivity contribution in [3.05, 3.63) is 123 Å². The van der Waals surface area contributed by atoms with Gasteiger partial charge < -0.3 is 10.1 Å². The first kappa shape index (κ1) is 28.9. The number of nitrogens with one attached hydrogen (secondary N) is 3. The number of benzene rings is 3. The average molecular weight is 597 g/mol. The van der Waals surface area contributed by atoms with E-state index in [9.17, 15) is 14.4 Å². The average Bonchev–Trinajstić information content (AvgIpc) is 3.56. The Balaban J connectivity index is 1.42. The van der Waals surface area contributed by atoms with Crippen LogP contribution in [0.15, 0.2) is 96.1 Å². The Kier molecular flexibility index (Phi) is 8.98. The van der Waals surface area contributed by atoms with Gasteiger partial charge in [-0.25, -0.2) is 9.89 Å². The largest absolute Gasteiger partial charge is 0.453 e. The number of aromatic amines is 1. The van der Waals surface area contributed by atoms with Crippen LogP contribution in [0.4, 0.5) is 10.5 Å². The number of ether oxygens (including phenoxy) is 1. The number of methoxy groups -OCH3 is 1. The summed E-state index contributed by atoms with van der Waals surface area (Å²) in [5.74, 6) is -0.392. The van der Waals surface area contributed by atoms with E-state index in [1.807, 2.05) is 30.3 Å². The Morgan fingerprint density at radius 1 is 1.07 bits per heavy atom. The molecular weight excluding hydrogens is 572 g/mol. The van der Waals surface area contributed by atoms with E-state index in [1.54, 1.807) is 54.6 Å². The van der Waals surface area contributed by atoms with Crippen molar-refractivity contribution in [2.24, 2.45) is 0 Å². The summed E-state index contributed by atoms with van der Waals surface area (Å²) < 4.78 is 6.08. The molecule has 0 bridgehead atoms. The standard InChI is InChI=1S/C30H25ClN8O4/c1-43-30(42)33-23-11-7-20(8-12-23)24-17-26(35-36-29(24)41)25(15-19-5-3-2-4-6-19)34-28(40)14-9-21-16-22(31)10-13-27(21)39-18-32-37-38-39/h2-14,16-18,25H,15H2,1H3,(H,33,42)(H,34,40)(H,36,41)/b14-9+. The van der Waals surface area contributed by atoms with E-state index < -0.39 is 23.6 Å². The van der Waals surface area contributed by atoms with E-state index in [2.05, 4.69) is 41.1 Å². The lowest BCUT2D eigenvalue weighted by molar-refractivity contribution is -0.117. The molecule has 0 aliphatic carbocycles. The molecule has 5 rings (SSSR count). The molecule has 216 valence electrons. The van der Waals surface area contributed by atoms with E-state index in [0.717, 1.165) is 5.56 Å². The number of anilines is 1. The van der Waals surface area contributed by atoms with Gasteiger partial charge in [0.15, 0.2) is 0 Å². The van der Waals surface area contributed by atoms with Crippen LogP contribution in [0.5, 0.6) is 0 Å². The first-order chi connectivity index (χ1) is 20.9. The van der Waals surface area contributed by atoms with E-state index in [-0.39, 0.29) is 0 Å². The summed E-state index contributed by atoms with van der Waals surface area (Å²) in [4.78, 5) is 37.5. The van der Waals surface area contributed by atoms with Gasteiger partial charge in [0.2, 0.25) is 5.91 Å². The van der Waals surface area contributed by atoms with Gasteiger partial charge in [-0.2, -0.15) is 9.78 Å². The summed E-state index contributed by atoms with van der Waals surface area (Å²) in [6.45, 7) is 0. The van der Waals surface area contributed by atoms with Crippen LogP contribution in [0.3, 0.4) is 0 Å². The van der Waals surface area contributed by atoms with Crippen molar-refractivity contribution in [2.75, 3.05) is 12.4 Å². The summed E-state index contributed by atoms with van der Waals surface area (Å²) in [5.41, 5.74) is 3.73. The summed E-state index contributed by atoms with van der Waals surface area (Å²) in [5, 5.41) is 24.1. The van der Waals surface area contributed by atoms with Gasteiger partial charge in [-0.1, -0.05) is 54.1 Å². The summed E-state index contributed by atoms with van der Waals surface area (Å²) in [6.07, 6.45) is 4.25. The van der Waals surface area contributed by atoms with Crippen LogP contribution in [0.2, 0.25) is 5.02 Å². The number of hydrogen-bond acceptors (Lipinski definition) is 8. The van der Waals surface area contributed by atoms with E-state index in [4.69, 9.17) is 11.6 Å². The zero-order valence-electron chi connectivity index (χ0n) is 22.8. The van der Waals surface area contributed by atoms with Gasteiger partial charge in [0.25, 0.3) is 5.56 Å². The third-order valence-electron chi connectivity index (χ3n) is 6.41. The fourth-order valence-electron chi connectivity index (χ4n) is 4.32. The van der Waals surface area contributed by atoms with Crippen LogP contribution in [0, 0.1) is 0 Å². The van der Waals surface area contributed by atoms with Gasteiger partial charge in [-0.05, 0) is 70.4 Å². The Labute approximate surface area is 250 Å². The molecule has 12 nitrogen and oxygen atoms in total. The van der Waals surface area contributed by atoms with Crippen molar-refractivity contribution in [3.63, 3.8) is 0 Å². The lowest BCUT2D eigenvalue weighted by atomic mass is 10.00. The highest BCUT2D eigenvalue weighted by Gasteiger charge is 2.19. The number of aromatic nitrogens is 6. The number of rotatable bonds is 9. The monoisotopic (exact) mass is 596 g/mol. The third kappa shape index (κ3) is 7.37. The van der Waals surface area contributed by atoms with E-state index in [1.165, 1.54) is 24.2 Å². The number of H-pyrrole nitrogens is 1. The molecule has 13 heteroatoms. The van der Waals surface area contributed by atoms with Crippen LogP contribution in [-0.4, -0.2) is 49.5 Å². The zero-order chi connectivity index (χ0) is 30.2. The molecule has 1 unspecified atom stereocenters. The van der Waals surface area contributed by atoms with Crippen molar-refractivity contribution in [3.8, 4) is 16.8 Å². The number of hydrogen-bond donors (Lipinski definition) is 3. The normalized spacial score (nSPS) is 11.7. The predicted octanol–water partition coefficient (Wildman–Crippen LogP) is 4.36. The molecule has 43 heavy (non-hydrogen) atoms. The first-order valence-corrected chi connectivity index (χ1v) is 13.4. The summed E-state index contributed by atoms with van der Waals surface area (Å²) in [7, 11) is 1.27. The first-order valence-electron chi connectivity index (χ1n) is 13.0. The summed E-state index contributed by atoms with van der Waals surface area (Å²) in [6, 6.07) is 22.5. The summed E-state index contributed by atoms with van der Waals surface area (Å²) >= 11 is 6.21. The molecule has 5 aromatic rings. The molecule has 0 saturated heterocycles. The second-order valence-corrected chi connectivity index (χ2v) is 9.71. The highest BCUT2D eigenvalue weighted by atomic mass is 35.5. The molecular formula is C30H25ClN8O4. The number of nitrogens with zero attached hydrogens (tertiary/aromatic N) is 5. The molecule has 3 N–H and O–H groups in total. The topological polar surface area (TPSA) is 157 Å². The number of carbonyl (C=O) groups excluding carboxylic acids is 2. The lowest BCUT2D eigenvalue weighted by Crippen LogP contribution is -2.30. The molecule has 0 saturated carbocycles. The molecule has 1 atom stereocenters. The van der Waals surface area contributed by atoms with Crippen molar-refractivity contribution >= 4 is 35.4 Å². The SMILES string of the molecule is COC(=O)Nc1ccc(-c2cc(C(Cc3ccccc3)NC(=O)/C=C/c3cc(Cl)ccc3-n3cnnn3)n[nH]c2=O)cc1. The highest BCUT2D eigenvalue weighted by molar-refractivity contribution is 6.30. The molecule has 0 aliphatic heterocycles. The molecule has 0 aliphatic rings. The van der Waals surface area contributed by atoms with Crippen LogP contribution in [-0.2, 0) is 16.0 Å². The second-order valence-electron chi connectivity index (χ2n) is 9.27.